The second-order valence-electron chi connectivity index (χ2n) is 36.4. The van der Waals surface area contributed by atoms with Crippen LogP contribution in [0.4, 0.5) is 52.7 Å². The molecule has 7 amide bonds. The van der Waals surface area contributed by atoms with E-state index >= 15 is 0 Å². The Morgan fingerprint density at radius 3 is 1.03 bits per heavy atom. The number of alkyl halides is 9. The summed E-state index contributed by atoms with van der Waals surface area (Å²) in [6, 6.07) is 16.7. The third-order valence-electron chi connectivity index (χ3n) is 22.6. The maximum atomic E-state index is 13.8. The number of ether oxygens (including phenoxy) is 3. The molecule has 7 heterocycles. The number of primary amides is 2. The van der Waals surface area contributed by atoms with Gasteiger partial charge < -0.3 is 87.4 Å². The van der Waals surface area contributed by atoms with Gasteiger partial charge in [0.05, 0.1) is 35.0 Å². The fourth-order valence-electron chi connectivity index (χ4n) is 15.1. The fourth-order valence-corrected chi connectivity index (χ4v) is 18.6. The number of aliphatic hydroxyl groups is 4. The number of carbonyl (C=O) groups is 8. The summed E-state index contributed by atoms with van der Waals surface area (Å²) in [5, 5.41) is 63.5. The second-order valence-corrected chi connectivity index (χ2v) is 41.9. The standard InChI is InChI=1S/C28H30F4N4O7S.C28H28F4N4O6S.C20H28N4O5S.C8H4F4O3.C4H10O.C4H9O.K/c1-16-11-19(25(39)35-14-20(37)15-35)12-17(2)21(16)5-10-44(41,42)36-8-6-27(7-9-36,26(33)40)34-24(38)18-3-4-22(29)23(13-18)43-28(30,31)32;1-16-11-19(25(38)35-14-20(37)15-35)12-17(2)21(16)5-10-43(40,41)36-8-6-27(7-9-36)26(39)33-24(34-27)18-3-4-22(29)23(13-18)42-28(30,31)32;1-13-9-15(18(26)23-11-16(25)12-23)10-14(2)17(13)3-8-30(28,29)24-6-4-20(22,5-7-24)19(21)27;9-5-2-1-4(7(13)14)3-6(5)15-8(10,11)12;2*1-4(2,3)5;/h3-5,10-13,20,37H,6-9,14-15H2,1-2H3,(H2,33,40)(H,34,38);3-5,10-13,20,37H,6-9,14-15H2,1-2H3,(H,33,34,39);3,8-10,16,25H,4-7,11-12,22H2,1-2H3,(H2,21,27);1-3H,(H,13,14);5H,1-3H3;1-3H3;/q;;;;;-1;+1/b2*10-5+;8-3+;;;;. The number of aryl methyl sites for hydroxylation is 6. The topological polar surface area (TPSA) is 525 Å². The molecule has 6 fully saturated rings. The van der Waals surface area contributed by atoms with Gasteiger partial charge in [0.2, 0.25) is 41.9 Å². The summed E-state index contributed by atoms with van der Waals surface area (Å²) in [7, 11) is -11.6. The zero-order valence-electron chi connectivity index (χ0n) is 79.8. The van der Waals surface area contributed by atoms with Crippen molar-refractivity contribution in [1.82, 2.24) is 38.2 Å². The van der Waals surface area contributed by atoms with Gasteiger partial charge in [0.1, 0.15) is 16.9 Å². The maximum Gasteiger partial charge on any atom is 1.00 e. The average molecular weight is 2110 g/mol. The fraction of sp³-hybridized carbons (Fsp3) is 0.446. The number of amides is 7. The Morgan fingerprint density at radius 1 is 0.469 bits per heavy atom. The van der Waals surface area contributed by atoms with Crippen LogP contribution in [0.3, 0.4) is 0 Å². The number of likely N-dealkylation sites (tertiary alicyclic amines) is 3. The summed E-state index contributed by atoms with van der Waals surface area (Å²) in [5.41, 5.74) is 18.0. The molecule has 7 aliphatic rings. The molecule has 0 unspecified atom stereocenters. The quantitative estimate of drug-likeness (QED) is 0.0330. The summed E-state index contributed by atoms with van der Waals surface area (Å²) in [4.78, 5) is 107. The van der Waals surface area contributed by atoms with E-state index in [0.29, 0.717) is 87.4 Å². The van der Waals surface area contributed by atoms with Gasteiger partial charge in [-0.1, -0.05) is 20.8 Å². The first-order chi connectivity index (χ1) is 65.2. The minimum Gasteiger partial charge on any atom is -0.850 e. The number of sulfonamides is 3. The van der Waals surface area contributed by atoms with Gasteiger partial charge in [-0.3, -0.25) is 38.6 Å². The van der Waals surface area contributed by atoms with Crippen LogP contribution in [0.1, 0.15) is 187 Å². The van der Waals surface area contributed by atoms with Crippen LogP contribution >= 0.6 is 0 Å². The van der Waals surface area contributed by atoms with Gasteiger partial charge in [0, 0.05) is 123 Å². The first kappa shape index (κ1) is 120. The van der Waals surface area contributed by atoms with Gasteiger partial charge in [-0.2, -0.15) is 12.9 Å². The maximum absolute atomic E-state index is 13.8. The van der Waals surface area contributed by atoms with Gasteiger partial charge in [-0.15, -0.1) is 45.1 Å². The molecule has 0 radical (unpaired) electrons. The van der Waals surface area contributed by atoms with Crippen LogP contribution in [0.2, 0.25) is 0 Å². The van der Waals surface area contributed by atoms with Crippen molar-refractivity contribution in [2.45, 2.75) is 187 Å². The molecule has 13 N–H and O–H groups in total. The van der Waals surface area contributed by atoms with E-state index < -0.39 is 171 Å². The van der Waals surface area contributed by atoms with Crippen LogP contribution in [0, 0.1) is 59.0 Å². The van der Waals surface area contributed by atoms with Crippen LogP contribution in [0.25, 0.3) is 18.2 Å². The summed E-state index contributed by atoms with van der Waals surface area (Å²) < 4.78 is 243. The van der Waals surface area contributed by atoms with E-state index in [2.05, 4.69) is 29.8 Å². The molecule has 7 aliphatic heterocycles. The van der Waals surface area contributed by atoms with Crippen molar-refractivity contribution in [3.8, 4) is 17.2 Å². The molecule has 13 rings (SSSR count). The predicted octanol–water partition coefficient (Wildman–Crippen LogP) is 5.13. The van der Waals surface area contributed by atoms with Crippen LogP contribution in [-0.2, 0) is 44.5 Å². The molecule has 0 aliphatic carbocycles. The first-order valence-corrected chi connectivity index (χ1v) is 48.0. The number of aliphatic hydroxyl groups excluding tert-OH is 3. The van der Waals surface area contributed by atoms with Crippen LogP contribution < -0.4 is 98.5 Å². The second kappa shape index (κ2) is 47.4. The Kier molecular flexibility index (Phi) is 39.7. The molecule has 0 aromatic heterocycles. The van der Waals surface area contributed by atoms with E-state index in [1.807, 2.05) is 13.8 Å². The number of nitrogens with two attached hydrogens (primary N) is 3. The molecule has 0 bridgehead atoms. The number of benzene rings is 6. The Morgan fingerprint density at radius 2 is 0.748 bits per heavy atom. The average Bonchev–Trinajstić information content (AvgIpc) is 1.59. The Labute approximate surface area is 858 Å². The van der Waals surface area contributed by atoms with Crippen LogP contribution in [-0.4, -0.2) is 275 Å². The summed E-state index contributed by atoms with van der Waals surface area (Å²) in [6.45, 7) is 22.1. The van der Waals surface area contributed by atoms with E-state index in [9.17, 15) is 137 Å². The Balaban J connectivity index is 0.000000261. The molecule has 0 atom stereocenters. The molecule has 778 valence electrons. The number of carboxylic acids is 1. The van der Waals surface area contributed by atoms with Gasteiger partial charge >= 0.3 is 76.4 Å². The number of rotatable bonds is 21. The number of piperidine rings is 3. The number of carbonyl (C=O) groups excluding carboxylic acids is 7. The predicted molar refractivity (Wildman–Crippen MR) is 491 cm³/mol. The molecule has 0 saturated carbocycles. The van der Waals surface area contributed by atoms with E-state index in [1.165, 1.54) is 36.6 Å². The Hall–Kier alpha value is -10.3. The van der Waals surface area contributed by atoms with Crippen molar-refractivity contribution in [2.75, 3.05) is 78.5 Å². The first-order valence-electron chi connectivity index (χ1n) is 43.5. The SMILES string of the molecule is CC(C)(C)O.CC(C)(C)[O-].Cc1cc(C(=O)N2CC(O)C2)cc(C)c1/C=C/S(=O)(=O)N1CCC(N)(C(N)=O)CC1.Cc1cc(C(=O)N2CC(O)C2)cc(C)c1/C=C/S(=O)(=O)N1CCC(NC(=O)c2ccc(F)c(OC(F)(F)F)c2)(C(N)=O)CC1.Cc1cc(C(=O)N2CC(O)C2)cc(C)c1/C=C/S(=O)(=O)N1CCC2(CC1)N=C(c1ccc(F)c(OC(F)(F)F)c1)NC2=O.O=C(O)c1ccc(F)c(OC(F)(F)F)c1.[K+]. The number of hydrogen-bond acceptors (Lipinski definition) is 24. The van der Waals surface area contributed by atoms with Gasteiger partial charge in [-0.25, -0.2) is 43.2 Å². The number of aromatic carboxylic acids is 1. The molecule has 1 spiro atoms. The molecule has 35 nitrogen and oxygen atoms in total. The van der Waals surface area contributed by atoms with Crippen LogP contribution in [0.15, 0.2) is 112 Å². The number of aliphatic imine (C=N–C) groups is 1. The zero-order valence-corrected chi connectivity index (χ0v) is 85.4. The van der Waals surface area contributed by atoms with Crippen molar-refractivity contribution < 1.29 is 213 Å². The van der Waals surface area contributed by atoms with Crippen molar-refractivity contribution in [3.05, 3.63) is 208 Å². The minimum absolute atomic E-state index is 0. The van der Waals surface area contributed by atoms with E-state index in [4.69, 9.17) is 27.4 Å². The minimum atomic E-state index is -5.21. The van der Waals surface area contributed by atoms with Crippen molar-refractivity contribution in [3.63, 3.8) is 0 Å². The number of halogens is 12. The third kappa shape index (κ3) is 33.9. The molecular weight excluding hydrogens is 2000 g/mol. The molecule has 143 heavy (non-hydrogen) atoms. The zero-order chi connectivity index (χ0) is 107. The summed E-state index contributed by atoms with van der Waals surface area (Å²) >= 11 is 0. The molecule has 6 aromatic rings. The summed E-state index contributed by atoms with van der Waals surface area (Å²) in [6.07, 6.45) is -12.6. The Bertz CT molecular complexity index is 6140. The number of hydrogen-bond donors (Lipinski definition) is 10. The molecular formula is C92H109F12KN12O23S3. The third-order valence-corrected chi connectivity index (χ3v) is 27.3. The van der Waals surface area contributed by atoms with Crippen molar-refractivity contribution in [1.29, 1.82) is 0 Å². The van der Waals surface area contributed by atoms with Gasteiger partial charge in [-0.05, 0) is 260 Å². The molecule has 51 heteroatoms. The van der Waals surface area contributed by atoms with Crippen LogP contribution in [0.5, 0.6) is 17.2 Å². The molecule has 6 aromatic carbocycles. The van der Waals surface area contributed by atoms with E-state index in [-0.39, 0.29) is 184 Å². The van der Waals surface area contributed by atoms with Crippen molar-refractivity contribution >= 4 is 101 Å². The number of amidine groups is 1. The van der Waals surface area contributed by atoms with Crippen molar-refractivity contribution in [2.24, 2.45) is 22.2 Å². The normalized spacial score (nSPS) is 17.6. The number of nitrogens with zero attached hydrogens (tertiary/aromatic N) is 7. The largest absolute Gasteiger partial charge is 1.00 e. The van der Waals surface area contributed by atoms with Gasteiger partial charge in [0.15, 0.2) is 34.7 Å². The smallest absolute Gasteiger partial charge is 0.850 e. The van der Waals surface area contributed by atoms with E-state index in [1.54, 1.807) is 111 Å². The number of β-amino-alcohol motifs (C(OH)–C–C–N with tert-alkyl or cyclic N) is 3. The van der Waals surface area contributed by atoms with E-state index in [0.717, 1.165) is 67.6 Å². The number of nitrogens with one attached hydrogen (secondary N) is 2. The van der Waals surface area contributed by atoms with Gasteiger partial charge in [0.25, 0.3) is 29.5 Å². The number of carboxylic acid groups (broad SMARTS) is 1. The molecule has 6 saturated heterocycles. The monoisotopic (exact) mass is 2110 g/mol. The summed E-state index contributed by atoms with van der Waals surface area (Å²) in [5.74, 6) is -12.7.